The highest BCUT2D eigenvalue weighted by atomic mass is 16.3. The third-order valence-corrected chi connectivity index (χ3v) is 1.43. The Kier molecular flexibility index (Phi) is 4.60. The molecule has 0 fully saturated rings. The number of hydrogen-bond acceptors (Lipinski definition) is 3. The molecule has 0 saturated heterocycles. The molecule has 0 aromatic rings. The minimum atomic E-state index is -1.45. The molecule has 0 rings (SSSR count). The van der Waals surface area contributed by atoms with Crippen LogP contribution in [0, 0.1) is 0 Å². The van der Waals surface area contributed by atoms with Crippen molar-refractivity contribution < 1.29 is 5.11 Å². The van der Waals surface area contributed by atoms with Gasteiger partial charge in [-0.2, -0.15) is 0 Å². The summed E-state index contributed by atoms with van der Waals surface area (Å²) in [6.07, 6.45) is 4.89. The Morgan fingerprint density at radius 2 is 1.80 bits per heavy atom. The summed E-state index contributed by atoms with van der Waals surface area (Å²) in [6.45, 7) is 2.14. The van der Waals surface area contributed by atoms with Crippen LogP contribution in [0.1, 0.15) is 39.0 Å². The molecule has 5 N–H and O–H groups in total. The van der Waals surface area contributed by atoms with Crippen molar-refractivity contribution in [2.45, 2.75) is 44.9 Å². The van der Waals surface area contributed by atoms with Gasteiger partial charge in [0, 0.05) is 6.42 Å². The van der Waals surface area contributed by atoms with Gasteiger partial charge in [0.2, 0.25) is 0 Å². The van der Waals surface area contributed by atoms with E-state index in [0.717, 1.165) is 12.8 Å². The number of unbranched alkanes of at least 4 members (excludes halogenated alkanes) is 3. The second-order valence-corrected chi connectivity index (χ2v) is 2.80. The molecule has 10 heavy (non-hydrogen) atoms. The summed E-state index contributed by atoms with van der Waals surface area (Å²) in [4.78, 5) is 0. The van der Waals surface area contributed by atoms with Crippen LogP contribution in [0.25, 0.3) is 0 Å². The van der Waals surface area contributed by atoms with Crippen molar-refractivity contribution in [3.05, 3.63) is 0 Å². The molecule has 0 radical (unpaired) electrons. The summed E-state index contributed by atoms with van der Waals surface area (Å²) in [5.41, 5.74) is 10.3. The first-order valence-electron chi connectivity index (χ1n) is 3.86. The van der Waals surface area contributed by atoms with Crippen molar-refractivity contribution in [3.8, 4) is 0 Å². The lowest BCUT2D eigenvalue weighted by Crippen LogP contribution is -2.48. The molecular weight excluding hydrogens is 128 g/mol. The molecule has 3 nitrogen and oxygen atoms in total. The fraction of sp³-hybridized carbons (Fsp3) is 1.00. The van der Waals surface area contributed by atoms with Gasteiger partial charge in [0.15, 0.2) is 5.85 Å². The zero-order valence-corrected chi connectivity index (χ0v) is 6.64. The predicted octanol–water partition coefficient (Wildman–Crippen LogP) is 0.520. The van der Waals surface area contributed by atoms with Crippen molar-refractivity contribution >= 4 is 0 Å². The minimum absolute atomic E-state index is 0.493. The third kappa shape index (κ3) is 7.88. The maximum Gasteiger partial charge on any atom is 0.166 e. The smallest absolute Gasteiger partial charge is 0.166 e. The molecule has 0 aromatic heterocycles. The predicted molar refractivity (Wildman–Crippen MR) is 42.1 cm³/mol. The standard InChI is InChI=1S/C7H18N2O/c1-2-3-4-5-6-7(8,9)10/h10H,2-6,8-9H2,1H3. The molecular formula is C7H18N2O. The van der Waals surface area contributed by atoms with Crippen LogP contribution in [0.5, 0.6) is 0 Å². The first-order chi connectivity index (χ1) is 4.56. The molecule has 0 atom stereocenters. The maximum atomic E-state index is 8.87. The summed E-state index contributed by atoms with van der Waals surface area (Å²) < 4.78 is 0. The van der Waals surface area contributed by atoms with E-state index in [2.05, 4.69) is 6.92 Å². The molecule has 0 aliphatic heterocycles. The monoisotopic (exact) mass is 146 g/mol. The first-order valence-corrected chi connectivity index (χ1v) is 3.86. The first kappa shape index (κ1) is 9.88. The Hall–Kier alpha value is -0.120. The van der Waals surface area contributed by atoms with Gasteiger partial charge < -0.3 is 5.11 Å². The van der Waals surface area contributed by atoms with Crippen molar-refractivity contribution in [2.75, 3.05) is 0 Å². The van der Waals surface area contributed by atoms with Crippen molar-refractivity contribution in [3.63, 3.8) is 0 Å². The van der Waals surface area contributed by atoms with Gasteiger partial charge in [-0.15, -0.1) is 0 Å². The molecule has 0 unspecified atom stereocenters. The molecule has 0 aliphatic rings. The average Bonchev–Trinajstić information content (AvgIpc) is 1.78. The summed E-state index contributed by atoms with van der Waals surface area (Å²) in [7, 11) is 0. The molecule has 0 aromatic carbocycles. The van der Waals surface area contributed by atoms with Crippen molar-refractivity contribution in [1.82, 2.24) is 0 Å². The van der Waals surface area contributed by atoms with Crippen LogP contribution in [0.3, 0.4) is 0 Å². The second-order valence-electron chi connectivity index (χ2n) is 2.80. The summed E-state index contributed by atoms with van der Waals surface area (Å²) in [5.74, 6) is -1.45. The zero-order chi connectivity index (χ0) is 8.04. The van der Waals surface area contributed by atoms with Crippen LogP contribution in [-0.2, 0) is 0 Å². The number of aliphatic hydroxyl groups is 1. The van der Waals surface area contributed by atoms with Gasteiger partial charge in [0.25, 0.3) is 0 Å². The van der Waals surface area contributed by atoms with E-state index in [1.807, 2.05) is 0 Å². The molecule has 3 heteroatoms. The van der Waals surface area contributed by atoms with Crippen molar-refractivity contribution in [2.24, 2.45) is 11.5 Å². The van der Waals surface area contributed by atoms with Gasteiger partial charge in [0.1, 0.15) is 0 Å². The number of rotatable bonds is 5. The van der Waals surface area contributed by atoms with E-state index >= 15 is 0 Å². The van der Waals surface area contributed by atoms with Crippen molar-refractivity contribution in [1.29, 1.82) is 0 Å². The average molecular weight is 146 g/mol. The largest absolute Gasteiger partial charge is 0.363 e. The molecule has 0 spiro atoms. The topological polar surface area (TPSA) is 72.3 Å². The fourth-order valence-corrected chi connectivity index (χ4v) is 0.835. The highest BCUT2D eigenvalue weighted by Crippen LogP contribution is 2.05. The number of hydrogen-bond donors (Lipinski definition) is 3. The fourth-order valence-electron chi connectivity index (χ4n) is 0.835. The van der Waals surface area contributed by atoms with Crippen LogP contribution in [0.4, 0.5) is 0 Å². The molecule has 62 valence electrons. The van der Waals surface area contributed by atoms with Gasteiger partial charge in [-0.05, 0) is 6.42 Å². The zero-order valence-electron chi connectivity index (χ0n) is 6.64. The lowest BCUT2D eigenvalue weighted by atomic mass is 10.1. The Labute approximate surface area is 62.4 Å². The van der Waals surface area contributed by atoms with E-state index in [0.29, 0.717) is 6.42 Å². The SMILES string of the molecule is CCCCCCC(N)(N)O. The van der Waals surface area contributed by atoms with E-state index in [9.17, 15) is 0 Å². The number of nitrogens with two attached hydrogens (primary N) is 2. The van der Waals surface area contributed by atoms with Gasteiger partial charge in [-0.1, -0.05) is 26.2 Å². The van der Waals surface area contributed by atoms with Gasteiger partial charge in [-0.3, -0.25) is 11.5 Å². The van der Waals surface area contributed by atoms with Crippen LogP contribution < -0.4 is 11.5 Å². The highest BCUT2D eigenvalue weighted by Gasteiger charge is 2.11. The van der Waals surface area contributed by atoms with Gasteiger partial charge >= 0.3 is 0 Å². The third-order valence-electron chi connectivity index (χ3n) is 1.43. The molecule has 0 saturated carbocycles. The van der Waals surface area contributed by atoms with Crippen LogP contribution in [-0.4, -0.2) is 11.0 Å². The molecule has 0 aliphatic carbocycles. The summed E-state index contributed by atoms with van der Waals surface area (Å²) in [5, 5.41) is 8.87. The second kappa shape index (κ2) is 4.66. The maximum absolute atomic E-state index is 8.87. The normalized spacial score (nSPS) is 12.0. The quantitative estimate of drug-likeness (QED) is 0.391. The lowest BCUT2D eigenvalue weighted by molar-refractivity contribution is 0.0421. The molecule has 0 bridgehead atoms. The van der Waals surface area contributed by atoms with E-state index in [1.54, 1.807) is 0 Å². The van der Waals surface area contributed by atoms with Crippen LogP contribution in [0.2, 0.25) is 0 Å². The van der Waals surface area contributed by atoms with Crippen LogP contribution in [0.15, 0.2) is 0 Å². The van der Waals surface area contributed by atoms with Crippen LogP contribution >= 0.6 is 0 Å². The Bertz CT molecular complexity index is 78.2. The van der Waals surface area contributed by atoms with E-state index in [1.165, 1.54) is 12.8 Å². The van der Waals surface area contributed by atoms with Gasteiger partial charge in [-0.25, -0.2) is 0 Å². The summed E-state index contributed by atoms with van der Waals surface area (Å²) >= 11 is 0. The molecule has 0 amide bonds. The lowest BCUT2D eigenvalue weighted by Gasteiger charge is -2.15. The minimum Gasteiger partial charge on any atom is -0.363 e. The highest BCUT2D eigenvalue weighted by molar-refractivity contribution is 4.59. The summed E-state index contributed by atoms with van der Waals surface area (Å²) in [6, 6.07) is 0. The Morgan fingerprint density at radius 3 is 2.20 bits per heavy atom. The van der Waals surface area contributed by atoms with E-state index in [4.69, 9.17) is 16.6 Å². The molecule has 0 heterocycles. The van der Waals surface area contributed by atoms with Gasteiger partial charge in [0.05, 0.1) is 0 Å². The van der Waals surface area contributed by atoms with E-state index in [-0.39, 0.29) is 0 Å². The Balaban J connectivity index is 3.04. The van der Waals surface area contributed by atoms with E-state index < -0.39 is 5.85 Å². The Morgan fingerprint density at radius 1 is 1.20 bits per heavy atom.